The van der Waals surface area contributed by atoms with Crippen LogP contribution in [0.2, 0.25) is 0 Å². The number of aryl methyl sites for hydroxylation is 1. The largest absolute Gasteiger partial charge is 0.388 e. The van der Waals surface area contributed by atoms with Gasteiger partial charge in [-0.05, 0) is 19.3 Å². The summed E-state index contributed by atoms with van der Waals surface area (Å²) in [7, 11) is 0. The first-order valence-corrected chi connectivity index (χ1v) is 8.21. The Balaban J connectivity index is 1.76. The molecule has 1 aliphatic carbocycles. The van der Waals surface area contributed by atoms with Crippen molar-refractivity contribution in [1.82, 2.24) is 10.3 Å². The van der Waals surface area contributed by atoms with E-state index in [0.717, 1.165) is 44.2 Å². The highest BCUT2D eigenvalue weighted by Crippen LogP contribution is 2.27. The van der Waals surface area contributed by atoms with E-state index in [1.807, 2.05) is 5.38 Å². The van der Waals surface area contributed by atoms with Crippen LogP contribution in [0.25, 0.3) is 0 Å². The van der Waals surface area contributed by atoms with Crippen molar-refractivity contribution in [3.05, 3.63) is 11.1 Å². The summed E-state index contributed by atoms with van der Waals surface area (Å²) in [5.74, 6) is 0. The molecule has 5 nitrogen and oxygen atoms in total. The highest BCUT2D eigenvalue weighted by molar-refractivity contribution is 7.13. The number of carbonyl (C=O) groups is 1. The number of anilines is 1. The van der Waals surface area contributed by atoms with Gasteiger partial charge < -0.3 is 10.4 Å². The summed E-state index contributed by atoms with van der Waals surface area (Å²) in [6, 6.07) is -0.290. The van der Waals surface area contributed by atoms with Gasteiger partial charge in [-0.15, -0.1) is 11.3 Å². The van der Waals surface area contributed by atoms with Crippen molar-refractivity contribution in [3.8, 4) is 0 Å². The first-order valence-electron chi connectivity index (χ1n) is 7.33. The second-order valence-electron chi connectivity index (χ2n) is 5.49. The fourth-order valence-electron chi connectivity index (χ4n) is 2.51. The number of aromatic nitrogens is 1. The number of amides is 2. The van der Waals surface area contributed by atoms with E-state index < -0.39 is 5.60 Å². The van der Waals surface area contributed by atoms with E-state index in [1.165, 1.54) is 17.8 Å². The van der Waals surface area contributed by atoms with E-state index >= 15 is 0 Å². The van der Waals surface area contributed by atoms with E-state index in [1.54, 1.807) is 0 Å². The van der Waals surface area contributed by atoms with Crippen LogP contribution in [0.5, 0.6) is 0 Å². The van der Waals surface area contributed by atoms with Crippen LogP contribution in [0.15, 0.2) is 5.38 Å². The van der Waals surface area contributed by atoms with Gasteiger partial charge in [-0.2, -0.15) is 0 Å². The zero-order chi connectivity index (χ0) is 14.4. The SMILES string of the molecule is CCCc1csc(NC(=O)NCC2(O)CCCCC2)n1. The molecule has 1 aliphatic rings. The number of carbonyl (C=O) groups excluding carboxylic acids is 1. The van der Waals surface area contributed by atoms with Gasteiger partial charge in [0.15, 0.2) is 5.13 Å². The minimum atomic E-state index is -0.730. The highest BCUT2D eigenvalue weighted by atomic mass is 32.1. The number of hydrogen-bond donors (Lipinski definition) is 3. The van der Waals surface area contributed by atoms with Gasteiger partial charge in [0.2, 0.25) is 0 Å². The number of urea groups is 1. The third kappa shape index (κ3) is 4.45. The van der Waals surface area contributed by atoms with E-state index in [2.05, 4.69) is 22.5 Å². The monoisotopic (exact) mass is 297 g/mol. The van der Waals surface area contributed by atoms with Crippen molar-refractivity contribution < 1.29 is 9.90 Å². The Hall–Kier alpha value is -1.14. The third-order valence-corrected chi connectivity index (χ3v) is 4.45. The molecule has 20 heavy (non-hydrogen) atoms. The van der Waals surface area contributed by atoms with Crippen LogP contribution in [-0.4, -0.2) is 28.3 Å². The second-order valence-corrected chi connectivity index (χ2v) is 6.34. The maximum atomic E-state index is 11.8. The van der Waals surface area contributed by atoms with Crippen molar-refractivity contribution in [1.29, 1.82) is 0 Å². The lowest BCUT2D eigenvalue weighted by Gasteiger charge is -2.31. The molecule has 0 unspecified atom stereocenters. The van der Waals surface area contributed by atoms with E-state index in [0.29, 0.717) is 11.7 Å². The van der Waals surface area contributed by atoms with Gasteiger partial charge in [0.05, 0.1) is 11.3 Å². The van der Waals surface area contributed by atoms with Crippen molar-refractivity contribution in [2.24, 2.45) is 0 Å². The summed E-state index contributed by atoms with van der Waals surface area (Å²) in [6.45, 7) is 2.41. The molecule has 1 heterocycles. The Morgan fingerprint density at radius 2 is 2.20 bits per heavy atom. The third-order valence-electron chi connectivity index (χ3n) is 3.64. The molecule has 0 saturated heterocycles. The molecule has 6 heteroatoms. The fraction of sp³-hybridized carbons (Fsp3) is 0.714. The Morgan fingerprint density at radius 1 is 1.45 bits per heavy atom. The maximum absolute atomic E-state index is 11.8. The van der Waals surface area contributed by atoms with Gasteiger partial charge >= 0.3 is 6.03 Å². The van der Waals surface area contributed by atoms with Crippen molar-refractivity contribution in [2.45, 2.75) is 57.5 Å². The first kappa shape index (κ1) is 15.3. The smallest absolute Gasteiger partial charge is 0.321 e. The Bertz CT molecular complexity index is 441. The number of rotatable bonds is 5. The number of thiazole rings is 1. The molecule has 0 spiro atoms. The van der Waals surface area contributed by atoms with Crippen LogP contribution in [0.4, 0.5) is 9.93 Å². The lowest BCUT2D eigenvalue weighted by Crippen LogP contribution is -2.45. The Morgan fingerprint density at radius 3 is 2.90 bits per heavy atom. The van der Waals surface area contributed by atoms with Gasteiger partial charge in [-0.3, -0.25) is 5.32 Å². The summed E-state index contributed by atoms with van der Waals surface area (Å²) < 4.78 is 0. The normalized spacial score (nSPS) is 17.7. The zero-order valence-corrected chi connectivity index (χ0v) is 12.8. The highest BCUT2D eigenvalue weighted by Gasteiger charge is 2.29. The summed E-state index contributed by atoms with van der Waals surface area (Å²) in [4.78, 5) is 16.1. The topological polar surface area (TPSA) is 74.2 Å². The number of nitrogens with zero attached hydrogens (tertiary/aromatic N) is 1. The molecule has 0 bridgehead atoms. The molecule has 0 aliphatic heterocycles. The van der Waals surface area contributed by atoms with Crippen LogP contribution in [0, 0.1) is 0 Å². The average Bonchev–Trinajstić information content (AvgIpc) is 2.85. The number of nitrogens with one attached hydrogen (secondary N) is 2. The number of hydrogen-bond acceptors (Lipinski definition) is 4. The molecule has 2 rings (SSSR count). The fourth-order valence-corrected chi connectivity index (χ4v) is 3.25. The quantitative estimate of drug-likeness (QED) is 0.782. The molecule has 0 atom stereocenters. The number of aliphatic hydroxyl groups is 1. The van der Waals surface area contributed by atoms with Crippen molar-refractivity contribution >= 4 is 22.5 Å². The minimum Gasteiger partial charge on any atom is -0.388 e. The lowest BCUT2D eigenvalue weighted by molar-refractivity contribution is 0.00755. The van der Waals surface area contributed by atoms with Gasteiger partial charge in [-0.25, -0.2) is 9.78 Å². The summed E-state index contributed by atoms with van der Waals surface area (Å²) in [5.41, 5.74) is 0.282. The van der Waals surface area contributed by atoms with Crippen molar-refractivity contribution in [2.75, 3.05) is 11.9 Å². The summed E-state index contributed by atoms with van der Waals surface area (Å²) >= 11 is 1.43. The van der Waals surface area contributed by atoms with Crippen LogP contribution in [0.1, 0.15) is 51.1 Å². The Labute approximate surface area is 123 Å². The maximum Gasteiger partial charge on any atom is 0.321 e. The molecular weight excluding hydrogens is 274 g/mol. The molecule has 2 amide bonds. The van der Waals surface area contributed by atoms with Crippen molar-refractivity contribution in [3.63, 3.8) is 0 Å². The molecule has 112 valence electrons. The zero-order valence-electron chi connectivity index (χ0n) is 11.9. The second kappa shape index (κ2) is 7.04. The molecule has 0 radical (unpaired) electrons. The van der Waals surface area contributed by atoms with Gasteiger partial charge in [0.1, 0.15) is 0 Å². The molecule has 1 aromatic heterocycles. The van der Waals surface area contributed by atoms with Crippen LogP contribution >= 0.6 is 11.3 Å². The molecule has 0 aromatic carbocycles. The predicted molar refractivity (Wildman–Crippen MR) is 81.2 cm³/mol. The molecule has 1 aromatic rings. The van der Waals surface area contributed by atoms with Crippen LogP contribution in [0.3, 0.4) is 0 Å². The summed E-state index contributed by atoms with van der Waals surface area (Å²) in [6.07, 6.45) is 6.76. The van der Waals surface area contributed by atoms with E-state index in [-0.39, 0.29) is 6.03 Å². The Kier molecular flexibility index (Phi) is 5.37. The summed E-state index contributed by atoms with van der Waals surface area (Å²) in [5, 5.41) is 18.4. The lowest BCUT2D eigenvalue weighted by atomic mass is 9.85. The van der Waals surface area contributed by atoms with Gasteiger partial charge in [0.25, 0.3) is 0 Å². The van der Waals surface area contributed by atoms with Crippen LogP contribution < -0.4 is 10.6 Å². The molecule has 3 N–H and O–H groups in total. The molecule has 1 saturated carbocycles. The molecule has 1 fully saturated rings. The first-order chi connectivity index (χ1) is 9.61. The average molecular weight is 297 g/mol. The standard InChI is InChI=1S/C14H23N3O2S/c1-2-6-11-9-20-13(16-11)17-12(18)15-10-14(19)7-4-3-5-8-14/h9,19H,2-8,10H2,1H3,(H2,15,16,17,18). The van der Waals surface area contributed by atoms with E-state index in [9.17, 15) is 9.90 Å². The predicted octanol–water partition coefficient (Wildman–Crippen LogP) is 2.91. The molecular formula is C14H23N3O2S. The van der Waals surface area contributed by atoms with E-state index in [4.69, 9.17) is 0 Å². The van der Waals surface area contributed by atoms with Gasteiger partial charge in [0, 0.05) is 11.9 Å². The van der Waals surface area contributed by atoms with Crippen LogP contribution in [-0.2, 0) is 6.42 Å². The van der Waals surface area contributed by atoms with Gasteiger partial charge in [-0.1, -0.05) is 32.6 Å². The minimum absolute atomic E-state index is 0.290.